The molecule has 1 aromatic rings. The first-order chi connectivity index (χ1) is 6.15. The number of rotatable bonds is 4. The van der Waals surface area contributed by atoms with E-state index in [9.17, 15) is 0 Å². The summed E-state index contributed by atoms with van der Waals surface area (Å²) in [6.45, 7) is 7.72. The maximum absolute atomic E-state index is 5.81. The van der Waals surface area contributed by atoms with Gasteiger partial charge in [0.05, 0.1) is 6.04 Å². The molecule has 1 heterocycles. The molecule has 0 spiro atoms. The Morgan fingerprint density at radius 2 is 2.31 bits per heavy atom. The number of nitrogens with two attached hydrogens (primary N) is 1. The van der Waals surface area contributed by atoms with Gasteiger partial charge in [0.2, 0.25) is 0 Å². The second kappa shape index (κ2) is 4.18. The van der Waals surface area contributed by atoms with Crippen LogP contribution in [0.25, 0.3) is 0 Å². The molecule has 0 amide bonds. The fourth-order valence-electron chi connectivity index (χ4n) is 1.00. The largest absolute Gasteiger partial charge is 0.321 e. The number of nitrogens with one attached hydrogen (secondary N) is 1. The van der Waals surface area contributed by atoms with Crippen molar-refractivity contribution in [2.24, 2.45) is 5.73 Å². The molecule has 0 aliphatic rings. The first-order valence-corrected chi connectivity index (χ1v) is 4.43. The van der Waals surface area contributed by atoms with Crippen molar-refractivity contribution in [2.45, 2.75) is 32.2 Å². The molecule has 72 valence electrons. The number of hydrogen-bond donors (Lipinski definition) is 2. The molecule has 4 nitrogen and oxygen atoms in total. The van der Waals surface area contributed by atoms with E-state index in [2.05, 4.69) is 21.8 Å². The van der Waals surface area contributed by atoms with Crippen LogP contribution in [0.4, 0.5) is 0 Å². The molecule has 3 N–H and O–H groups in total. The molecule has 0 aliphatic heterocycles. The highest BCUT2D eigenvalue weighted by atomic mass is 15.2. The van der Waals surface area contributed by atoms with Gasteiger partial charge in [-0.2, -0.15) is 5.10 Å². The first kappa shape index (κ1) is 9.92. The van der Waals surface area contributed by atoms with Crippen LogP contribution in [0.2, 0.25) is 0 Å². The minimum atomic E-state index is -0.113. The molecule has 0 bridgehead atoms. The third-order valence-electron chi connectivity index (χ3n) is 1.81. The summed E-state index contributed by atoms with van der Waals surface area (Å²) in [4.78, 5) is 4.29. The van der Waals surface area contributed by atoms with Crippen LogP contribution in [0.3, 0.4) is 0 Å². The molecule has 0 fully saturated rings. The molecular formula is C9H16N4. The van der Waals surface area contributed by atoms with Crippen molar-refractivity contribution in [1.29, 1.82) is 0 Å². The van der Waals surface area contributed by atoms with Gasteiger partial charge in [-0.1, -0.05) is 19.9 Å². The molecule has 1 atom stereocenters. The Kier molecular flexibility index (Phi) is 3.19. The van der Waals surface area contributed by atoms with Crippen LogP contribution >= 0.6 is 0 Å². The number of hydrogen-bond acceptors (Lipinski definition) is 3. The lowest BCUT2D eigenvalue weighted by Crippen LogP contribution is -2.11. The SMILES string of the molecule is C=CCC(N)c1nc(C(C)C)n[nH]1. The lowest BCUT2D eigenvalue weighted by Gasteiger charge is -2.02. The predicted molar refractivity (Wildman–Crippen MR) is 52.2 cm³/mol. The second-order valence-corrected chi connectivity index (χ2v) is 3.36. The molecular weight excluding hydrogens is 164 g/mol. The van der Waals surface area contributed by atoms with E-state index in [1.807, 2.05) is 13.8 Å². The Hall–Kier alpha value is -1.16. The summed E-state index contributed by atoms with van der Waals surface area (Å²) in [7, 11) is 0. The van der Waals surface area contributed by atoms with E-state index in [1.165, 1.54) is 0 Å². The van der Waals surface area contributed by atoms with Crippen molar-refractivity contribution >= 4 is 0 Å². The molecule has 0 aliphatic carbocycles. The third-order valence-corrected chi connectivity index (χ3v) is 1.81. The summed E-state index contributed by atoms with van der Waals surface area (Å²) in [5.41, 5.74) is 5.81. The van der Waals surface area contributed by atoms with Gasteiger partial charge in [-0.25, -0.2) is 4.98 Å². The predicted octanol–water partition coefficient (Wildman–Crippen LogP) is 1.50. The van der Waals surface area contributed by atoms with Gasteiger partial charge in [0.25, 0.3) is 0 Å². The van der Waals surface area contributed by atoms with E-state index in [-0.39, 0.29) is 6.04 Å². The molecule has 0 saturated carbocycles. The Bertz CT molecular complexity index is 277. The number of aromatic amines is 1. The minimum absolute atomic E-state index is 0.113. The lowest BCUT2D eigenvalue weighted by atomic mass is 10.2. The maximum atomic E-state index is 5.81. The highest BCUT2D eigenvalue weighted by molar-refractivity contribution is 5.00. The molecule has 0 saturated heterocycles. The van der Waals surface area contributed by atoms with Crippen molar-refractivity contribution in [2.75, 3.05) is 0 Å². The zero-order valence-corrected chi connectivity index (χ0v) is 8.12. The summed E-state index contributed by atoms with van der Waals surface area (Å²) in [6, 6.07) is -0.113. The molecule has 4 heteroatoms. The normalized spacial score (nSPS) is 13.2. The van der Waals surface area contributed by atoms with Crippen LogP contribution in [0.15, 0.2) is 12.7 Å². The van der Waals surface area contributed by atoms with Crippen LogP contribution in [-0.2, 0) is 0 Å². The van der Waals surface area contributed by atoms with E-state index >= 15 is 0 Å². The molecule has 1 aromatic heterocycles. The topological polar surface area (TPSA) is 67.6 Å². The van der Waals surface area contributed by atoms with Gasteiger partial charge in [0.15, 0.2) is 5.82 Å². The Balaban J connectivity index is 2.73. The lowest BCUT2D eigenvalue weighted by molar-refractivity contribution is 0.684. The molecule has 0 radical (unpaired) electrons. The number of nitrogens with zero attached hydrogens (tertiary/aromatic N) is 2. The van der Waals surface area contributed by atoms with Crippen molar-refractivity contribution in [3.05, 3.63) is 24.3 Å². The molecule has 1 rings (SSSR count). The van der Waals surface area contributed by atoms with Crippen molar-refractivity contribution in [3.63, 3.8) is 0 Å². The molecule has 1 unspecified atom stereocenters. The van der Waals surface area contributed by atoms with Gasteiger partial charge >= 0.3 is 0 Å². The summed E-state index contributed by atoms with van der Waals surface area (Å²) in [5.74, 6) is 1.89. The zero-order valence-electron chi connectivity index (χ0n) is 8.12. The summed E-state index contributed by atoms with van der Waals surface area (Å²) < 4.78 is 0. The van der Waals surface area contributed by atoms with E-state index in [4.69, 9.17) is 5.73 Å². The highest BCUT2D eigenvalue weighted by Gasteiger charge is 2.11. The van der Waals surface area contributed by atoms with E-state index in [1.54, 1.807) is 6.08 Å². The van der Waals surface area contributed by atoms with Crippen molar-refractivity contribution < 1.29 is 0 Å². The Morgan fingerprint density at radius 1 is 1.62 bits per heavy atom. The van der Waals surface area contributed by atoms with Gasteiger partial charge in [-0.05, 0) is 6.42 Å². The van der Waals surface area contributed by atoms with Crippen molar-refractivity contribution in [1.82, 2.24) is 15.2 Å². The Labute approximate surface area is 78.3 Å². The smallest absolute Gasteiger partial charge is 0.153 e. The summed E-state index contributed by atoms with van der Waals surface area (Å²) in [6.07, 6.45) is 2.50. The summed E-state index contributed by atoms with van der Waals surface area (Å²) >= 11 is 0. The zero-order chi connectivity index (χ0) is 9.84. The quantitative estimate of drug-likeness (QED) is 0.690. The van der Waals surface area contributed by atoms with Crippen LogP contribution in [0.5, 0.6) is 0 Å². The average Bonchev–Trinajstić information content (AvgIpc) is 2.52. The van der Waals surface area contributed by atoms with Crippen LogP contribution in [0.1, 0.15) is 43.9 Å². The number of aromatic nitrogens is 3. The van der Waals surface area contributed by atoms with E-state index in [0.29, 0.717) is 12.3 Å². The molecule has 13 heavy (non-hydrogen) atoms. The van der Waals surface area contributed by atoms with Gasteiger partial charge < -0.3 is 5.73 Å². The van der Waals surface area contributed by atoms with Crippen molar-refractivity contribution in [3.8, 4) is 0 Å². The average molecular weight is 180 g/mol. The maximum Gasteiger partial charge on any atom is 0.153 e. The summed E-state index contributed by atoms with van der Waals surface area (Å²) in [5, 5.41) is 6.91. The van der Waals surface area contributed by atoms with Crippen LogP contribution in [-0.4, -0.2) is 15.2 Å². The molecule has 0 aromatic carbocycles. The monoisotopic (exact) mass is 180 g/mol. The van der Waals surface area contributed by atoms with E-state index in [0.717, 1.165) is 11.6 Å². The van der Waals surface area contributed by atoms with Crippen LogP contribution < -0.4 is 5.73 Å². The number of H-pyrrole nitrogens is 1. The van der Waals surface area contributed by atoms with Gasteiger partial charge in [0, 0.05) is 5.92 Å². The van der Waals surface area contributed by atoms with Gasteiger partial charge in [0.1, 0.15) is 5.82 Å². The van der Waals surface area contributed by atoms with Gasteiger partial charge in [-0.3, -0.25) is 5.10 Å². The van der Waals surface area contributed by atoms with Gasteiger partial charge in [-0.15, -0.1) is 6.58 Å². The Morgan fingerprint density at radius 3 is 2.77 bits per heavy atom. The van der Waals surface area contributed by atoms with E-state index < -0.39 is 0 Å². The van der Waals surface area contributed by atoms with Crippen LogP contribution in [0, 0.1) is 0 Å². The fourth-order valence-corrected chi connectivity index (χ4v) is 1.00. The highest BCUT2D eigenvalue weighted by Crippen LogP contribution is 2.13. The third kappa shape index (κ3) is 2.39. The standard InChI is InChI=1S/C9H16N4/c1-4-5-7(10)9-11-8(6(2)3)12-13-9/h4,6-7H,1,5,10H2,2-3H3,(H,11,12,13). The second-order valence-electron chi connectivity index (χ2n) is 3.36. The minimum Gasteiger partial charge on any atom is -0.321 e. The first-order valence-electron chi connectivity index (χ1n) is 4.43. The fraction of sp³-hybridized carbons (Fsp3) is 0.556.